The fraction of sp³-hybridized carbons (Fsp3) is 0.462. The third kappa shape index (κ3) is 3.50. The average Bonchev–Trinajstić information content (AvgIpc) is 2.47. The van der Waals surface area contributed by atoms with Crippen LogP contribution in [0.1, 0.15) is 18.0 Å². The summed E-state index contributed by atoms with van der Waals surface area (Å²) in [5, 5.41) is 33.5. The fourth-order valence-electron chi connectivity index (χ4n) is 2.51. The summed E-state index contributed by atoms with van der Waals surface area (Å²) in [6.45, 7) is 3.04. The first kappa shape index (κ1) is 15.7. The third-order valence-corrected chi connectivity index (χ3v) is 3.97. The highest BCUT2D eigenvalue weighted by Crippen LogP contribution is 2.39. The lowest BCUT2D eigenvalue weighted by atomic mass is 10.00. The molecule has 1 heterocycles. The van der Waals surface area contributed by atoms with Crippen molar-refractivity contribution in [3.05, 3.63) is 32.3 Å². The Morgan fingerprint density at radius 2 is 2.19 bits per heavy atom. The van der Waals surface area contributed by atoms with Crippen molar-refractivity contribution in [2.45, 2.75) is 12.5 Å². The van der Waals surface area contributed by atoms with E-state index in [9.17, 15) is 15.2 Å². The Morgan fingerprint density at radius 1 is 1.52 bits per heavy atom. The lowest BCUT2D eigenvalue weighted by Crippen LogP contribution is -2.45. The molecule has 0 radical (unpaired) electrons. The van der Waals surface area contributed by atoms with Gasteiger partial charge in [-0.1, -0.05) is 15.9 Å². The van der Waals surface area contributed by atoms with Crippen LogP contribution in [0.3, 0.4) is 0 Å². The van der Waals surface area contributed by atoms with E-state index < -0.39 is 4.92 Å². The number of halogens is 1. The summed E-state index contributed by atoms with van der Waals surface area (Å²) in [6.07, 6.45) is 0.168. The van der Waals surface area contributed by atoms with Gasteiger partial charge < -0.3 is 10.4 Å². The Labute approximate surface area is 130 Å². The number of hydrogen-bond acceptors (Lipinski definition) is 6. The van der Waals surface area contributed by atoms with Crippen molar-refractivity contribution in [3.63, 3.8) is 0 Å². The molecule has 2 N–H and O–H groups in total. The van der Waals surface area contributed by atoms with Gasteiger partial charge in [-0.15, -0.1) is 0 Å². The van der Waals surface area contributed by atoms with Crippen LogP contribution in [-0.4, -0.2) is 41.1 Å². The zero-order chi connectivity index (χ0) is 15.4. The minimum Gasteiger partial charge on any atom is -0.502 e. The second-order valence-corrected chi connectivity index (χ2v) is 5.70. The van der Waals surface area contributed by atoms with Crippen molar-refractivity contribution < 1.29 is 10.0 Å². The number of benzene rings is 1. The highest BCUT2D eigenvalue weighted by atomic mass is 79.9. The van der Waals surface area contributed by atoms with Crippen molar-refractivity contribution in [1.29, 1.82) is 5.26 Å². The van der Waals surface area contributed by atoms with Gasteiger partial charge in [0.1, 0.15) is 0 Å². The predicted octanol–water partition coefficient (Wildman–Crippen LogP) is 1.92. The van der Waals surface area contributed by atoms with Gasteiger partial charge in [0.25, 0.3) is 0 Å². The smallest absolute Gasteiger partial charge is 0.312 e. The largest absolute Gasteiger partial charge is 0.502 e. The minimum absolute atomic E-state index is 0.168. The maximum absolute atomic E-state index is 11.0. The molecule has 21 heavy (non-hydrogen) atoms. The monoisotopic (exact) mass is 354 g/mol. The number of rotatable bonds is 4. The molecule has 2 rings (SSSR count). The molecule has 112 valence electrons. The predicted molar refractivity (Wildman–Crippen MR) is 79.9 cm³/mol. The molecule has 0 saturated carbocycles. The van der Waals surface area contributed by atoms with Crippen LogP contribution in [-0.2, 0) is 0 Å². The van der Waals surface area contributed by atoms with E-state index in [4.69, 9.17) is 5.26 Å². The standard InChI is InChI=1S/C13H15BrN4O3/c14-9-7-10(13(19)12(8-9)18(20)21)11(1-2-15)17-5-3-16-4-6-17/h7-8,11,16,19H,1,3-6H2/t11-/m1/s1. The third-order valence-electron chi connectivity index (χ3n) is 3.52. The van der Waals surface area contributed by atoms with Gasteiger partial charge in [0, 0.05) is 42.3 Å². The van der Waals surface area contributed by atoms with E-state index in [1.807, 2.05) is 0 Å². The first-order valence-electron chi connectivity index (χ1n) is 6.53. The van der Waals surface area contributed by atoms with E-state index in [0.717, 1.165) is 26.2 Å². The Kier molecular flexibility index (Phi) is 5.12. The molecule has 1 fully saturated rings. The summed E-state index contributed by atoms with van der Waals surface area (Å²) >= 11 is 3.23. The second kappa shape index (κ2) is 6.85. The number of phenolic OH excluding ortho intramolecular Hbond substituents is 1. The normalized spacial score (nSPS) is 17.1. The molecular formula is C13H15BrN4O3. The Morgan fingerprint density at radius 3 is 2.76 bits per heavy atom. The van der Waals surface area contributed by atoms with Gasteiger partial charge in [-0.3, -0.25) is 15.0 Å². The number of hydrogen-bond donors (Lipinski definition) is 2. The molecule has 0 unspecified atom stereocenters. The molecule has 0 bridgehead atoms. The summed E-state index contributed by atoms with van der Waals surface area (Å²) in [7, 11) is 0. The summed E-state index contributed by atoms with van der Waals surface area (Å²) in [6, 6.07) is 4.66. The molecule has 1 atom stereocenters. The Hall–Kier alpha value is -1.69. The van der Waals surface area contributed by atoms with Gasteiger partial charge in [0.2, 0.25) is 0 Å². The molecule has 0 amide bonds. The Balaban J connectivity index is 2.44. The van der Waals surface area contributed by atoms with Crippen LogP contribution in [0.15, 0.2) is 16.6 Å². The molecule has 7 nitrogen and oxygen atoms in total. The molecule has 0 aliphatic carbocycles. The van der Waals surface area contributed by atoms with Crippen LogP contribution in [0.5, 0.6) is 5.75 Å². The zero-order valence-corrected chi connectivity index (χ0v) is 12.8. The fourth-order valence-corrected chi connectivity index (χ4v) is 2.98. The molecular weight excluding hydrogens is 340 g/mol. The molecule has 1 aromatic rings. The number of aromatic hydroxyl groups is 1. The molecule has 1 aliphatic heterocycles. The first-order chi connectivity index (χ1) is 10.0. The van der Waals surface area contributed by atoms with E-state index in [2.05, 4.69) is 32.2 Å². The minimum atomic E-state index is -0.620. The quantitative estimate of drug-likeness (QED) is 0.632. The van der Waals surface area contributed by atoms with Gasteiger partial charge >= 0.3 is 5.69 Å². The molecule has 8 heteroatoms. The van der Waals surface area contributed by atoms with Crippen molar-refractivity contribution in [1.82, 2.24) is 10.2 Å². The van der Waals surface area contributed by atoms with Gasteiger partial charge in [-0.2, -0.15) is 5.26 Å². The molecule has 1 saturated heterocycles. The maximum atomic E-state index is 11.0. The van der Waals surface area contributed by atoms with Gasteiger partial charge in [-0.05, 0) is 6.07 Å². The van der Waals surface area contributed by atoms with Crippen LogP contribution >= 0.6 is 15.9 Å². The number of phenols is 1. The zero-order valence-electron chi connectivity index (χ0n) is 11.3. The highest BCUT2D eigenvalue weighted by Gasteiger charge is 2.28. The van der Waals surface area contributed by atoms with Gasteiger partial charge in [0.15, 0.2) is 5.75 Å². The number of nitriles is 1. The topological polar surface area (TPSA) is 102 Å². The summed E-state index contributed by atoms with van der Waals surface area (Å²) < 4.78 is 0.514. The van der Waals surface area contributed by atoms with Crippen LogP contribution < -0.4 is 5.32 Å². The van der Waals surface area contributed by atoms with Crippen molar-refractivity contribution >= 4 is 21.6 Å². The average molecular weight is 355 g/mol. The van der Waals surface area contributed by atoms with E-state index in [0.29, 0.717) is 10.0 Å². The van der Waals surface area contributed by atoms with Gasteiger partial charge in [-0.25, -0.2) is 0 Å². The molecule has 0 aromatic heterocycles. The van der Waals surface area contributed by atoms with Crippen molar-refractivity contribution in [3.8, 4) is 11.8 Å². The first-order valence-corrected chi connectivity index (χ1v) is 7.32. The van der Waals surface area contributed by atoms with Gasteiger partial charge in [0.05, 0.1) is 23.5 Å². The second-order valence-electron chi connectivity index (χ2n) is 4.78. The van der Waals surface area contributed by atoms with Crippen LogP contribution in [0.2, 0.25) is 0 Å². The molecule has 0 spiro atoms. The van der Waals surface area contributed by atoms with E-state index >= 15 is 0 Å². The maximum Gasteiger partial charge on any atom is 0.312 e. The van der Waals surface area contributed by atoms with Crippen LogP contribution in [0.25, 0.3) is 0 Å². The highest BCUT2D eigenvalue weighted by molar-refractivity contribution is 9.10. The number of nitrogens with one attached hydrogen (secondary N) is 1. The van der Waals surface area contributed by atoms with Crippen molar-refractivity contribution in [2.75, 3.05) is 26.2 Å². The number of nitro groups is 1. The summed E-state index contributed by atoms with van der Waals surface area (Å²) in [5.74, 6) is -0.359. The van der Waals surface area contributed by atoms with Crippen LogP contribution in [0, 0.1) is 21.4 Å². The summed E-state index contributed by atoms with van der Waals surface area (Å²) in [5.41, 5.74) is 0.0666. The van der Waals surface area contributed by atoms with E-state index in [1.54, 1.807) is 6.07 Å². The summed E-state index contributed by atoms with van der Waals surface area (Å²) in [4.78, 5) is 12.5. The van der Waals surface area contributed by atoms with Crippen molar-refractivity contribution in [2.24, 2.45) is 0 Å². The van der Waals surface area contributed by atoms with E-state index in [-0.39, 0.29) is 23.9 Å². The molecule has 1 aliphatic rings. The SMILES string of the molecule is N#CC[C@H](c1cc(Br)cc([N+](=O)[O-])c1O)N1CCNCC1. The lowest BCUT2D eigenvalue weighted by molar-refractivity contribution is -0.386. The number of piperazine rings is 1. The number of nitro benzene ring substituents is 1. The number of nitrogens with zero attached hydrogens (tertiary/aromatic N) is 3. The lowest BCUT2D eigenvalue weighted by Gasteiger charge is -2.34. The van der Waals surface area contributed by atoms with E-state index in [1.165, 1.54) is 6.07 Å². The van der Waals surface area contributed by atoms with Crippen LogP contribution in [0.4, 0.5) is 5.69 Å². The molecule has 1 aromatic carbocycles. The Bertz CT molecular complexity index is 582.